The van der Waals surface area contributed by atoms with Crippen molar-refractivity contribution in [1.82, 2.24) is 19.7 Å². The number of hydrogen-bond donors (Lipinski definition) is 1. The Labute approximate surface area is 250 Å². The van der Waals surface area contributed by atoms with E-state index in [0.717, 1.165) is 42.1 Å². The van der Waals surface area contributed by atoms with Gasteiger partial charge in [-0.15, -0.1) is 0 Å². The first-order valence-electron chi connectivity index (χ1n) is 14.4. The zero-order valence-electron chi connectivity index (χ0n) is 24.9. The largest absolute Gasteiger partial charge is 0.488 e. The van der Waals surface area contributed by atoms with Crippen LogP contribution >= 0.6 is 0 Å². The zero-order chi connectivity index (χ0) is 30.1. The number of aromatic carboxylic acids is 1. The average molecular weight is 585 g/mol. The van der Waals surface area contributed by atoms with Gasteiger partial charge in [0.2, 0.25) is 5.88 Å². The number of para-hydroxylation sites is 1. The lowest BCUT2D eigenvalue weighted by atomic mass is 9.95. The molecule has 2 aromatic carbocycles. The van der Waals surface area contributed by atoms with Crippen molar-refractivity contribution in [3.05, 3.63) is 87.6 Å². The Bertz CT molecular complexity index is 1660. The quantitative estimate of drug-likeness (QED) is 0.295. The summed E-state index contributed by atoms with van der Waals surface area (Å²) in [5.74, 6) is 0.179. The van der Waals surface area contributed by atoms with Gasteiger partial charge < -0.3 is 24.1 Å². The van der Waals surface area contributed by atoms with Gasteiger partial charge in [-0.2, -0.15) is 9.78 Å². The van der Waals surface area contributed by atoms with Crippen LogP contribution in [0.25, 0.3) is 17.1 Å². The van der Waals surface area contributed by atoms with Crippen molar-refractivity contribution in [2.75, 3.05) is 33.5 Å². The lowest BCUT2D eigenvalue weighted by Crippen LogP contribution is -2.37. The Morgan fingerprint density at radius 1 is 1.07 bits per heavy atom. The molecule has 2 aromatic heterocycles. The van der Waals surface area contributed by atoms with Gasteiger partial charge in [0.05, 0.1) is 44.9 Å². The van der Waals surface area contributed by atoms with Gasteiger partial charge in [0.25, 0.3) is 0 Å². The smallest absolute Gasteiger partial charge is 0.342 e. The molecule has 4 heterocycles. The molecular formula is C33H36N4O6. The summed E-state index contributed by atoms with van der Waals surface area (Å²) in [6.07, 6.45) is 1.38. The molecule has 1 N–H and O–H groups in total. The number of aryl methyl sites for hydroxylation is 2. The molecule has 0 radical (unpaired) electrons. The van der Waals surface area contributed by atoms with Crippen molar-refractivity contribution in [2.24, 2.45) is 0 Å². The highest BCUT2D eigenvalue weighted by atomic mass is 16.6. The fraction of sp³-hybridized carbons (Fsp3) is 0.364. The van der Waals surface area contributed by atoms with E-state index >= 15 is 0 Å². The number of fused-ring (bicyclic) bond motifs is 1. The summed E-state index contributed by atoms with van der Waals surface area (Å²) in [5.41, 5.74) is 8.95. The number of methoxy groups -OCH3 is 1. The van der Waals surface area contributed by atoms with E-state index < -0.39 is 5.97 Å². The first kappa shape index (κ1) is 28.9. The monoisotopic (exact) mass is 584 g/mol. The second-order valence-electron chi connectivity index (χ2n) is 11.1. The lowest BCUT2D eigenvalue weighted by Gasteiger charge is -2.27. The topological polar surface area (TPSA) is 108 Å². The molecule has 0 aliphatic carbocycles. The fourth-order valence-corrected chi connectivity index (χ4v) is 5.99. The minimum Gasteiger partial charge on any atom is -0.488 e. The van der Waals surface area contributed by atoms with Gasteiger partial charge in [0.15, 0.2) is 5.82 Å². The predicted molar refractivity (Wildman–Crippen MR) is 160 cm³/mol. The summed E-state index contributed by atoms with van der Waals surface area (Å²) in [7, 11) is 1.41. The van der Waals surface area contributed by atoms with Crippen molar-refractivity contribution < 1.29 is 28.8 Å². The number of pyridine rings is 1. The third-order valence-electron chi connectivity index (χ3n) is 8.24. The molecule has 2 aliphatic heterocycles. The summed E-state index contributed by atoms with van der Waals surface area (Å²) >= 11 is 0. The third-order valence-corrected chi connectivity index (χ3v) is 8.24. The number of rotatable bonds is 9. The van der Waals surface area contributed by atoms with Crippen LogP contribution in [0.3, 0.4) is 0 Å². The number of carboxylic acids is 1. The highest BCUT2D eigenvalue weighted by molar-refractivity contribution is 5.90. The molecule has 10 nitrogen and oxygen atoms in total. The molecule has 2 aliphatic rings. The number of aromatic nitrogens is 3. The molecule has 0 bridgehead atoms. The molecule has 1 unspecified atom stereocenters. The van der Waals surface area contributed by atoms with Gasteiger partial charge in [-0.05, 0) is 72.4 Å². The van der Waals surface area contributed by atoms with E-state index in [1.54, 1.807) is 6.07 Å². The van der Waals surface area contributed by atoms with E-state index in [0.29, 0.717) is 37.9 Å². The molecular weight excluding hydrogens is 548 g/mol. The lowest BCUT2D eigenvalue weighted by molar-refractivity contribution is -0.0980. The molecule has 0 amide bonds. The first-order valence-corrected chi connectivity index (χ1v) is 14.4. The molecule has 6 rings (SSSR count). The Morgan fingerprint density at radius 2 is 1.88 bits per heavy atom. The summed E-state index contributed by atoms with van der Waals surface area (Å²) in [6.45, 7) is 11.5. The maximum atomic E-state index is 11.6. The van der Waals surface area contributed by atoms with Gasteiger partial charge in [-0.1, -0.05) is 24.3 Å². The summed E-state index contributed by atoms with van der Waals surface area (Å²) < 4.78 is 24.8. The maximum Gasteiger partial charge on any atom is 0.342 e. The molecule has 0 saturated carbocycles. The Balaban J connectivity index is 1.25. The van der Waals surface area contributed by atoms with Crippen LogP contribution in [-0.2, 0) is 29.2 Å². The van der Waals surface area contributed by atoms with Gasteiger partial charge in [-0.3, -0.25) is 4.90 Å². The second kappa shape index (κ2) is 12.2. The van der Waals surface area contributed by atoms with Crippen molar-refractivity contribution in [3.8, 4) is 28.7 Å². The van der Waals surface area contributed by atoms with Crippen LogP contribution in [0.4, 0.5) is 0 Å². The van der Waals surface area contributed by atoms with Crippen LogP contribution in [0.2, 0.25) is 0 Å². The van der Waals surface area contributed by atoms with E-state index in [1.165, 1.54) is 40.2 Å². The molecule has 4 aromatic rings. The second-order valence-corrected chi connectivity index (χ2v) is 11.1. The third kappa shape index (κ3) is 5.73. The first-order chi connectivity index (χ1) is 20.8. The number of ether oxygens (including phenoxy) is 4. The molecule has 1 saturated heterocycles. The molecule has 224 valence electrons. The summed E-state index contributed by atoms with van der Waals surface area (Å²) in [5, 5.41) is 13.7. The van der Waals surface area contributed by atoms with Crippen molar-refractivity contribution in [1.29, 1.82) is 0 Å². The number of carbonyl (C=O) groups is 1. The van der Waals surface area contributed by atoms with Crippen molar-refractivity contribution in [3.63, 3.8) is 0 Å². The van der Waals surface area contributed by atoms with Gasteiger partial charge in [-0.25, -0.2) is 9.78 Å². The summed E-state index contributed by atoms with van der Waals surface area (Å²) in [6, 6.07) is 13.7. The van der Waals surface area contributed by atoms with Crippen LogP contribution in [0.1, 0.15) is 43.7 Å². The standard InChI is InChI=1S/C33H36N4O6/c1-20-7-5-8-25(29-9-6-10-30(35-29)37-32(40-4)26(14-34-37)33(38)39)31(20)43-18-23-13-21(2)27-16-36(17-28(27)22(23)3)15-24-19-41-11-12-42-24/h5-10,13-14,24H,11-12,15-19H2,1-4H3,(H,38,39). The Morgan fingerprint density at radius 3 is 2.65 bits per heavy atom. The maximum absolute atomic E-state index is 11.6. The van der Waals surface area contributed by atoms with E-state index in [9.17, 15) is 9.90 Å². The minimum absolute atomic E-state index is 0.0336. The average Bonchev–Trinajstić information content (AvgIpc) is 3.64. The van der Waals surface area contributed by atoms with Gasteiger partial charge >= 0.3 is 5.97 Å². The van der Waals surface area contributed by atoms with Gasteiger partial charge in [0, 0.05) is 25.2 Å². The van der Waals surface area contributed by atoms with E-state index in [2.05, 4.69) is 29.9 Å². The van der Waals surface area contributed by atoms with Crippen molar-refractivity contribution >= 4 is 5.97 Å². The molecule has 0 spiro atoms. The normalized spacial score (nSPS) is 16.7. The fourth-order valence-electron chi connectivity index (χ4n) is 5.99. The Kier molecular flexibility index (Phi) is 8.16. The number of nitrogens with zero attached hydrogens (tertiary/aromatic N) is 4. The molecule has 1 atom stereocenters. The molecule has 1 fully saturated rings. The number of benzene rings is 2. The predicted octanol–water partition coefficient (Wildman–Crippen LogP) is 4.88. The van der Waals surface area contributed by atoms with Crippen LogP contribution in [0, 0.1) is 20.8 Å². The Hall–Kier alpha value is -4.25. The molecule has 43 heavy (non-hydrogen) atoms. The SMILES string of the molecule is COc1c(C(=O)O)cnn1-c1cccc(-c2cccc(C)c2OCc2cc(C)c3c(c2C)CN(CC2COCCO2)C3)n1. The van der Waals surface area contributed by atoms with E-state index in [4.69, 9.17) is 23.9 Å². The van der Waals surface area contributed by atoms with Gasteiger partial charge in [0.1, 0.15) is 17.9 Å². The van der Waals surface area contributed by atoms with E-state index in [-0.39, 0.29) is 17.5 Å². The zero-order valence-corrected chi connectivity index (χ0v) is 24.9. The highest BCUT2D eigenvalue weighted by Crippen LogP contribution is 2.36. The molecule has 10 heteroatoms. The minimum atomic E-state index is -1.12. The van der Waals surface area contributed by atoms with Crippen LogP contribution in [0.15, 0.2) is 48.7 Å². The highest BCUT2D eigenvalue weighted by Gasteiger charge is 2.27. The van der Waals surface area contributed by atoms with Crippen LogP contribution in [0.5, 0.6) is 11.6 Å². The van der Waals surface area contributed by atoms with E-state index in [1.807, 2.05) is 37.3 Å². The van der Waals surface area contributed by atoms with Crippen LogP contribution < -0.4 is 9.47 Å². The number of hydrogen-bond acceptors (Lipinski definition) is 8. The summed E-state index contributed by atoms with van der Waals surface area (Å²) in [4.78, 5) is 18.9. The van der Waals surface area contributed by atoms with Crippen molar-refractivity contribution in [2.45, 2.75) is 46.6 Å². The number of carboxylic acid groups (broad SMARTS) is 1. The van der Waals surface area contributed by atoms with Crippen LogP contribution in [-0.4, -0.2) is 70.3 Å².